The van der Waals surface area contributed by atoms with E-state index in [0.717, 1.165) is 43.5 Å². The number of ether oxygens (including phenoxy) is 1. The Morgan fingerprint density at radius 2 is 1.93 bits per heavy atom. The summed E-state index contributed by atoms with van der Waals surface area (Å²) < 4.78 is 5.29. The molecule has 0 aliphatic carbocycles. The lowest BCUT2D eigenvalue weighted by molar-refractivity contribution is 0.122. The van der Waals surface area contributed by atoms with Crippen molar-refractivity contribution in [3.05, 3.63) is 17.6 Å². The van der Waals surface area contributed by atoms with E-state index in [9.17, 15) is 0 Å². The van der Waals surface area contributed by atoms with E-state index in [1.165, 1.54) is 0 Å². The largest absolute Gasteiger partial charge is 0.378 e. The van der Waals surface area contributed by atoms with Crippen LogP contribution in [0.25, 0.3) is 0 Å². The zero-order valence-corrected chi connectivity index (χ0v) is 8.66. The van der Waals surface area contributed by atoms with Crippen LogP contribution in [0.15, 0.2) is 6.20 Å². The molecule has 14 heavy (non-hydrogen) atoms. The van der Waals surface area contributed by atoms with Gasteiger partial charge in [0.2, 0.25) is 0 Å². The van der Waals surface area contributed by atoms with Crippen molar-refractivity contribution in [2.24, 2.45) is 0 Å². The first-order chi connectivity index (χ1) is 6.77. The van der Waals surface area contributed by atoms with Crippen LogP contribution < -0.4 is 4.90 Å². The van der Waals surface area contributed by atoms with Gasteiger partial charge >= 0.3 is 0 Å². The van der Waals surface area contributed by atoms with Gasteiger partial charge in [-0.05, 0) is 13.8 Å². The van der Waals surface area contributed by atoms with Crippen molar-refractivity contribution in [2.75, 3.05) is 31.2 Å². The molecule has 4 heteroatoms. The Hall–Kier alpha value is -1.16. The lowest BCUT2D eigenvalue weighted by Gasteiger charge is -2.27. The molecule has 0 saturated carbocycles. The van der Waals surface area contributed by atoms with Gasteiger partial charge in [-0.15, -0.1) is 0 Å². The standard InChI is InChI=1S/C10H15N3O/c1-8-9(2)12-10(7-11-8)13-3-5-14-6-4-13/h7H,3-6H2,1-2H3. The summed E-state index contributed by atoms with van der Waals surface area (Å²) in [6.07, 6.45) is 1.84. The number of aromatic nitrogens is 2. The molecule has 76 valence electrons. The minimum atomic E-state index is 0.786. The maximum atomic E-state index is 5.29. The van der Waals surface area contributed by atoms with Gasteiger partial charge < -0.3 is 9.64 Å². The molecular formula is C10H15N3O. The minimum Gasteiger partial charge on any atom is -0.378 e. The molecule has 0 spiro atoms. The number of hydrogen-bond acceptors (Lipinski definition) is 4. The topological polar surface area (TPSA) is 38.2 Å². The van der Waals surface area contributed by atoms with E-state index in [2.05, 4.69) is 14.9 Å². The van der Waals surface area contributed by atoms with Crippen molar-refractivity contribution in [3.8, 4) is 0 Å². The van der Waals surface area contributed by atoms with Gasteiger partial charge in [0, 0.05) is 13.1 Å². The summed E-state index contributed by atoms with van der Waals surface area (Å²) in [5, 5.41) is 0. The van der Waals surface area contributed by atoms with Crippen molar-refractivity contribution in [1.82, 2.24) is 9.97 Å². The molecule has 0 bridgehead atoms. The number of morpholine rings is 1. The average Bonchev–Trinajstić information content (AvgIpc) is 2.23. The number of aryl methyl sites for hydroxylation is 2. The Labute approximate surface area is 83.9 Å². The summed E-state index contributed by atoms with van der Waals surface area (Å²) in [6, 6.07) is 0. The first kappa shape index (κ1) is 9.40. The summed E-state index contributed by atoms with van der Waals surface area (Å²) in [4.78, 5) is 11.0. The lowest BCUT2D eigenvalue weighted by Crippen LogP contribution is -2.36. The Bertz CT molecular complexity index is 321. The lowest BCUT2D eigenvalue weighted by atomic mass is 10.3. The fourth-order valence-electron chi connectivity index (χ4n) is 1.47. The van der Waals surface area contributed by atoms with E-state index in [1.807, 2.05) is 20.0 Å². The summed E-state index contributed by atoms with van der Waals surface area (Å²) in [6.45, 7) is 7.37. The molecule has 1 aliphatic rings. The average molecular weight is 193 g/mol. The predicted molar refractivity (Wildman–Crippen MR) is 54.5 cm³/mol. The highest BCUT2D eigenvalue weighted by Crippen LogP contribution is 2.12. The highest BCUT2D eigenvalue weighted by Gasteiger charge is 2.12. The Kier molecular flexibility index (Phi) is 2.63. The Morgan fingerprint density at radius 3 is 2.57 bits per heavy atom. The van der Waals surface area contributed by atoms with Crippen molar-refractivity contribution >= 4 is 5.82 Å². The summed E-state index contributed by atoms with van der Waals surface area (Å²) in [7, 11) is 0. The van der Waals surface area contributed by atoms with Gasteiger partial charge in [-0.25, -0.2) is 4.98 Å². The Balaban J connectivity index is 2.18. The van der Waals surface area contributed by atoms with Gasteiger partial charge in [-0.1, -0.05) is 0 Å². The van der Waals surface area contributed by atoms with Gasteiger partial charge in [0.1, 0.15) is 5.82 Å². The third kappa shape index (κ3) is 1.85. The van der Waals surface area contributed by atoms with E-state index in [0.29, 0.717) is 0 Å². The summed E-state index contributed by atoms with van der Waals surface area (Å²) in [5.74, 6) is 0.969. The number of rotatable bonds is 1. The summed E-state index contributed by atoms with van der Waals surface area (Å²) >= 11 is 0. The zero-order valence-electron chi connectivity index (χ0n) is 8.66. The van der Waals surface area contributed by atoms with Crippen molar-refractivity contribution in [1.29, 1.82) is 0 Å². The molecule has 4 nitrogen and oxygen atoms in total. The second-order valence-electron chi connectivity index (χ2n) is 3.50. The molecule has 0 unspecified atom stereocenters. The third-order valence-corrected chi connectivity index (χ3v) is 2.51. The minimum absolute atomic E-state index is 0.786. The molecule has 0 N–H and O–H groups in total. The molecule has 0 aromatic carbocycles. The maximum absolute atomic E-state index is 5.29. The van der Waals surface area contributed by atoms with Crippen LogP contribution in [0.1, 0.15) is 11.4 Å². The van der Waals surface area contributed by atoms with Crippen molar-refractivity contribution in [2.45, 2.75) is 13.8 Å². The molecule has 0 amide bonds. The third-order valence-electron chi connectivity index (χ3n) is 2.51. The van der Waals surface area contributed by atoms with Crippen LogP contribution in [0, 0.1) is 13.8 Å². The van der Waals surface area contributed by atoms with Crippen LogP contribution in [-0.2, 0) is 4.74 Å². The van der Waals surface area contributed by atoms with Gasteiger partial charge in [0.15, 0.2) is 0 Å². The molecule has 1 saturated heterocycles. The molecule has 2 heterocycles. The number of nitrogens with zero attached hydrogens (tertiary/aromatic N) is 3. The SMILES string of the molecule is Cc1ncc(N2CCOCC2)nc1C. The van der Waals surface area contributed by atoms with Crippen molar-refractivity contribution in [3.63, 3.8) is 0 Å². The first-order valence-electron chi connectivity index (χ1n) is 4.90. The van der Waals surface area contributed by atoms with E-state index >= 15 is 0 Å². The highest BCUT2D eigenvalue weighted by molar-refractivity contribution is 5.37. The van der Waals surface area contributed by atoms with Gasteiger partial charge in [0.05, 0.1) is 30.8 Å². The monoisotopic (exact) mass is 193 g/mol. The molecule has 2 rings (SSSR count). The van der Waals surface area contributed by atoms with Gasteiger partial charge in [-0.2, -0.15) is 0 Å². The maximum Gasteiger partial charge on any atom is 0.147 e. The quantitative estimate of drug-likeness (QED) is 0.665. The van der Waals surface area contributed by atoms with Crippen LogP contribution in [-0.4, -0.2) is 36.3 Å². The molecule has 0 radical (unpaired) electrons. The molecule has 1 aromatic rings. The molecule has 1 aliphatic heterocycles. The smallest absolute Gasteiger partial charge is 0.147 e. The fraction of sp³-hybridized carbons (Fsp3) is 0.600. The highest BCUT2D eigenvalue weighted by atomic mass is 16.5. The van der Waals surface area contributed by atoms with E-state index < -0.39 is 0 Å². The normalized spacial score (nSPS) is 17.1. The van der Waals surface area contributed by atoms with Gasteiger partial charge in [0.25, 0.3) is 0 Å². The van der Waals surface area contributed by atoms with Crippen LogP contribution >= 0.6 is 0 Å². The van der Waals surface area contributed by atoms with Gasteiger partial charge in [-0.3, -0.25) is 4.98 Å². The number of hydrogen-bond donors (Lipinski definition) is 0. The van der Waals surface area contributed by atoms with Crippen LogP contribution in [0.4, 0.5) is 5.82 Å². The van der Waals surface area contributed by atoms with Crippen molar-refractivity contribution < 1.29 is 4.74 Å². The van der Waals surface area contributed by atoms with Crippen LogP contribution in [0.2, 0.25) is 0 Å². The molecule has 1 aromatic heterocycles. The molecule has 0 atom stereocenters. The number of anilines is 1. The second-order valence-corrected chi connectivity index (χ2v) is 3.50. The van der Waals surface area contributed by atoms with E-state index in [-0.39, 0.29) is 0 Å². The second kappa shape index (κ2) is 3.92. The van der Waals surface area contributed by atoms with Crippen LogP contribution in [0.5, 0.6) is 0 Å². The summed E-state index contributed by atoms with van der Waals surface area (Å²) in [5.41, 5.74) is 2.01. The van der Waals surface area contributed by atoms with E-state index in [1.54, 1.807) is 0 Å². The predicted octanol–water partition coefficient (Wildman–Crippen LogP) is 0.930. The first-order valence-corrected chi connectivity index (χ1v) is 4.90. The fourth-order valence-corrected chi connectivity index (χ4v) is 1.47. The molecule has 1 fully saturated rings. The Morgan fingerprint density at radius 1 is 1.21 bits per heavy atom. The zero-order chi connectivity index (χ0) is 9.97. The van der Waals surface area contributed by atoms with E-state index in [4.69, 9.17) is 4.74 Å². The molecular weight excluding hydrogens is 178 g/mol. The van der Waals surface area contributed by atoms with Crippen LogP contribution in [0.3, 0.4) is 0 Å².